The van der Waals surface area contributed by atoms with Crippen molar-refractivity contribution in [1.29, 1.82) is 0 Å². The molecule has 0 aliphatic rings. The molecule has 6 nitrogen and oxygen atoms in total. The fourth-order valence-corrected chi connectivity index (χ4v) is 2.18. The molecule has 1 aromatic rings. The number of carboxylic acid groups (broad SMARTS) is 1. The molecule has 20 heavy (non-hydrogen) atoms. The van der Waals surface area contributed by atoms with Crippen LogP contribution in [0.15, 0.2) is 16.6 Å². The van der Waals surface area contributed by atoms with Gasteiger partial charge in [0.2, 0.25) is 0 Å². The van der Waals surface area contributed by atoms with E-state index < -0.39 is 5.97 Å². The van der Waals surface area contributed by atoms with Gasteiger partial charge in [-0.3, -0.25) is 4.79 Å². The standard InChI is InChI=1S/C13H17BrN2O4/c1-8-6-9(14)7-10(20-2)12(8)16-13(19)15-5-3-4-11(17)18/h6-7H,3-5H2,1-2H3,(H,17,18)(H2,15,16,19). The molecule has 0 aliphatic heterocycles. The first-order valence-electron chi connectivity index (χ1n) is 6.05. The second kappa shape index (κ2) is 7.74. The van der Waals surface area contributed by atoms with E-state index in [1.54, 1.807) is 6.07 Å². The molecule has 0 saturated heterocycles. The van der Waals surface area contributed by atoms with Crippen LogP contribution in [0.5, 0.6) is 5.75 Å². The summed E-state index contributed by atoms with van der Waals surface area (Å²) in [6, 6.07) is 3.23. The molecular formula is C13H17BrN2O4. The van der Waals surface area contributed by atoms with Crippen LogP contribution in [0.25, 0.3) is 0 Å². The van der Waals surface area contributed by atoms with E-state index in [9.17, 15) is 9.59 Å². The number of aryl methyl sites for hydroxylation is 1. The maximum absolute atomic E-state index is 11.7. The van der Waals surface area contributed by atoms with Crippen LogP contribution >= 0.6 is 15.9 Å². The second-order valence-corrected chi connectivity index (χ2v) is 5.09. The molecule has 0 fully saturated rings. The molecule has 1 aromatic carbocycles. The second-order valence-electron chi connectivity index (χ2n) is 4.18. The number of halogens is 1. The Labute approximate surface area is 125 Å². The summed E-state index contributed by atoms with van der Waals surface area (Å²) in [5, 5.41) is 13.8. The fourth-order valence-electron chi connectivity index (χ4n) is 1.63. The molecule has 7 heteroatoms. The smallest absolute Gasteiger partial charge is 0.319 e. The van der Waals surface area contributed by atoms with Crippen molar-refractivity contribution in [2.75, 3.05) is 19.0 Å². The van der Waals surface area contributed by atoms with E-state index in [2.05, 4.69) is 26.6 Å². The van der Waals surface area contributed by atoms with Gasteiger partial charge in [0.1, 0.15) is 5.75 Å². The van der Waals surface area contributed by atoms with E-state index in [0.29, 0.717) is 24.4 Å². The largest absolute Gasteiger partial charge is 0.495 e. The van der Waals surface area contributed by atoms with Gasteiger partial charge in [-0.05, 0) is 31.0 Å². The Balaban J connectivity index is 2.59. The minimum Gasteiger partial charge on any atom is -0.495 e. The molecular weight excluding hydrogens is 328 g/mol. The highest BCUT2D eigenvalue weighted by molar-refractivity contribution is 9.10. The summed E-state index contributed by atoms with van der Waals surface area (Å²) in [5.41, 5.74) is 1.45. The lowest BCUT2D eigenvalue weighted by Crippen LogP contribution is -2.30. The third kappa shape index (κ3) is 5.08. The van der Waals surface area contributed by atoms with Gasteiger partial charge in [-0.25, -0.2) is 4.79 Å². The van der Waals surface area contributed by atoms with Crippen molar-refractivity contribution >= 4 is 33.6 Å². The number of hydrogen-bond acceptors (Lipinski definition) is 3. The van der Waals surface area contributed by atoms with Crippen LogP contribution in [-0.2, 0) is 4.79 Å². The van der Waals surface area contributed by atoms with Gasteiger partial charge in [0.05, 0.1) is 12.8 Å². The number of nitrogens with one attached hydrogen (secondary N) is 2. The summed E-state index contributed by atoms with van der Waals surface area (Å²) in [5.74, 6) is -0.324. The summed E-state index contributed by atoms with van der Waals surface area (Å²) in [6.45, 7) is 2.16. The Morgan fingerprint density at radius 2 is 2.10 bits per heavy atom. The molecule has 3 N–H and O–H groups in total. The van der Waals surface area contributed by atoms with E-state index in [4.69, 9.17) is 9.84 Å². The van der Waals surface area contributed by atoms with Crippen molar-refractivity contribution in [3.05, 3.63) is 22.2 Å². The van der Waals surface area contributed by atoms with Crippen molar-refractivity contribution in [2.24, 2.45) is 0 Å². The number of urea groups is 1. The Kier molecular flexibility index (Phi) is 6.30. The van der Waals surface area contributed by atoms with E-state index in [1.807, 2.05) is 13.0 Å². The minimum atomic E-state index is -0.877. The molecule has 0 saturated carbocycles. The summed E-state index contributed by atoms with van der Waals surface area (Å²) in [7, 11) is 1.52. The average molecular weight is 345 g/mol. The number of carbonyl (C=O) groups excluding carboxylic acids is 1. The summed E-state index contributed by atoms with van der Waals surface area (Å²) < 4.78 is 6.08. The highest BCUT2D eigenvalue weighted by Gasteiger charge is 2.11. The zero-order chi connectivity index (χ0) is 15.1. The Morgan fingerprint density at radius 1 is 1.40 bits per heavy atom. The number of amides is 2. The zero-order valence-electron chi connectivity index (χ0n) is 11.3. The number of rotatable bonds is 6. The number of ether oxygens (including phenoxy) is 1. The van der Waals surface area contributed by atoms with Gasteiger partial charge in [-0.15, -0.1) is 0 Å². The molecule has 0 bridgehead atoms. The lowest BCUT2D eigenvalue weighted by molar-refractivity contribution is -0.137. The van der Waals surface area contributed by atoms with Crippen molar-refractivity contribution < 1.29 is 19.4 Å². The fraction of sp³-hybridized carbons (Fsp3) is 0.385. The van der Waals surface area contributed by atoms with Crippen LogP contribution in [0, 0.1) is 6.92 Å². The molecule has 0 aromatic heterocycles. The van der Waals surface area contributed by atoms with Crippen molar-refractivity contribution in [3.8, 4) is 5.75 Å². The van der Waals surface area contributed by atoms with Crippen LogP contribution in [0.4, 0.5) is 10.5 Å². The van der Waals surface area contributed by atoms with Gasteiger partial charge < -0.3 is 20.5 Å². The topological polar surface area (TPSA) is 87.7 Å². The summed E-state index contributed by atoms with van der Waals surface area (Å²) in [4.78, 5) is 22.1. The number of anilines is 1. The van der Waals surface area contributed by atoms with Crippen LogP contribution in [-0.4, -0.2) is 30.8 Å². The van der Waals surface area contributed by atoms with Crippen molar-refractivity contribution in [1.82, 2.24) is 5.32 Å². The van der Waals surface area contributed by atoms with Crippen LogP contribution in [0.2, 0.25) is 0 Å². The molecule has 1 rings (SSSR count). The molecule has 2 amide bonds. The maximum atomic E-state index is 11.7. The predicted molar refractivity (Wildman–Crippen MR) is 79.3 cm³/mol. The van der Waals surface area contributed by atoms with Gasteiger partial charge in [-0.1, -0.05) is 15.9 Å². The molecule has 110 valence electrons. The van der Waals surface area contributed by atoms with E-state index in [0.717, 1.165) is 10.0 Å². The molecule has 0 atom stereocenters. The quantitative estimate of drug-likeness (QED) is 0.692. The Morgan fingerprint density at radius 3 is 2.70 bits per heavy atom. The minimum absolute atomic E-state index is 0.0287. The number of hydrogen-bond donors (Lipinski definition) is 3. The Bertz CT molecular complexity index is 505. The number of benzene rings is 1. The molecule has 0 spiro atoms. The lowest BCUT2D eigenvalue weighted by atomic mass is 10.2. The van der Waals surface area contributed by atoms with Crippen LogP contribution in [0.3, 0.4) is 0 Å². The number of carboxylic acids is 1. The highest BCUT2D eigenvalue weighted by atomic mass is 79.9. The predicted octanol–water partition coefficient (Wildman–Crippen LogP) is 2.75. The summed E-state index contributed by atoms with van der Waals surface area (Å²) in [6.07, 6.45) is 0.417. The van der Waals surface area contributed by atoms with Crippen LogP contribution in [0.1, 0.15) is 18.4 Å². The molecule has 0 radical (unpaired) electrons. The zero-order valence-corrected chi connectivity index (χ0v) is 12.9. The van der Waals surface area contributed by atoms with Crippen LogP contribution < -0.4 is 15.4 Å². The first-order valence-corrected chi connectivity index (χ1v) is 6.84. The number of methoxy groups -OCH3 is 1. The van der Waals surface area contributed by atoms with Gasteiger partial charge in [-0.2, -0.15) is 0 Å². The molecule has 0 aliphatic carbocycles. The third-order valence-electron chi connectivity index (χ3n) is 2.58. The lowest BCUT2D eigenvalue weighted by Gasteiger charge is -2.14. The van der Waals surface area contributed by atoms with Gasteiger partial charge in [0.25, 0.3) is 0 Å². The van der Waals surface area contributed by atoms with Crippen molar-refractivity contribution in [2.45, 2.75) is 19.8 Å². The van der Waals surface area contributed by atoms with Crippen molar-refractivity contribution in [3.63, 3.8) is 0 Å². The number of aliphatic carboxylic acids is 1. The SMILES string of the molecule is COc1cc(Br)cc(C)c1NC(=O)NCCCC(=O)O. The highest BCUT2D eigenvalue weighted by Crippen LogP contribution is 2.31. The number of carbonyl (C=O) groups is 2. The first-order chi connectivity index (χ1) is 9.43. The Hall–Kier alpha value is -1.76. The monoisotopic (exact) mass is 344 g/mol. The van der Waals surface area contributed by atoms with E-state index >= 15 is 0 Å². The third-order valence-corrected chi connectivity index (χ3v) is 3.03. The summed E-state index contributed by atoms with van der Waals surface area (Å²) >= 11 is 3.36. The van der Waals surface area contributed by atoms with E-state index in [1.165, 1.54) is 7.11 Å². The van der Waals surface area contributed by atoms with E-state index in [-0.39, 0.29) is 12.5 Å². The average Bonchev–Trinajstić information content (AvgIpc) is 2.37. The molecule has 0 heterocycles. The van der Waals surface area contributed by atoms with Gasteiger partial charge >= 0.3 is 12.0 Å². The maximum Gasteiger partial charge on any atom is 0.319 e. The molecule has 0 unspecified atom stereocenters. The van der Waals surface area contributed by atoms with Gasteiger partial charge in [0, 0.05) is 17.4 Å². The first kappa shape index (κ1) is 16.3. The van der Waals surface area contributed by atoms with Gasteiger partial charge in [0.15, 0.2) is 0 Å². The normalized spacial score (nSPS) is 9.95.